The van der Waals surface area contributed by atoms with Crippen molar-refractivity contribution in [3.8, 4) is 22.7 Å². The van der Waals surface area contributed by atoms with Crippen molar-refractivity contribution < 1.29 is 4.74 Å². The number of hydrogen-bond donors (Lipinski definition) is 0. The van der Waals surface area contributed by atoms with Crippen LogP contribution in [0.15, 0.2) is 48.5 Å². The van der Waals surface area contributed by atoms with Crippen molar-refractivity contribution >= 4 is 10.8 Å². The van der Waals surface area contributed by atoms with E-state index < -0.39 is 0 Å². The van der Waals surface area contributed by atoms with Crippen molar-refractivity contribution in [3.63, 3.8) is 0 Å². The maximum absolute atomic E-state index is 5.64. The van der Waals surface area contributed by atoms with Crippen LogP contribution in [0.1, 0.15) is 61.7 Å². The largest absolute Gasteiger partial charge is 0.494 e. The van der Waals surface area contributed by atoms with Gasteiger partial charge in [0, 0.05) is 33.4 Å². The van der Waals surface area contributed by atoms with E-state index in [-0.39, 0.29) is 0 Å². The third-order valence-corrected chi connectivity index (χ3v) is 7.49. The van der Waals surface area contributed by atoms with E-state index in [0.717, 1.165) is 34.3 Å². The molecule has 1 aliphatic rings. The molecule has 0 saturated heterocycles. The quantitative estimate of drug-likeness (QED) is 0.290. The molecule has 0 radical (unpaired) electrons. The molecular formula is C30H35N3O. The average Bonchev–Trinajstić information content (AvgIpc) is 3.46. The summed E-state index contributed by atoms with van der Waals surface area (Å²) in [5.74, 6) is 1.82. The van der Waals surface area contributed by atoms with Gasteiger partial charge < -0.3 is 9.30 Å². The summed E-state index contributed by atoms with van der Waals surface area (Å²) in [5, 5.41) is 11.6. The molecule has 0 bridgehead atoms. The number of rotatable bonds is 7. The molecule has 0 spiro atoms. The first-order valence-electron chi connectivity index (χ1n) is 12.7. The topological polar surface area (TPSA) is 39.9 Å². The molecule has 1 saturated carbocycles. The standard InChI is InChI=1S/C30H35N3O/c1-5-34-27-18-16-26(17-19-27)33-21(3)28-20(2)31-32-30(29(28)22(33)4)25-14-12-24(13-15-25)11-10-23-8-6-7-9-23/h12-19,23H,5-11H2,1-4H3. The molecule has 4 nitrogen and oxygen atoms in total. The third-order valence-electron chi connectivity index (χ3n) is 7.49. The highest BCUT2D eigenvalue weighted by Crippen LogP contribution is 2.36. The van der Waals surface area contributed by atoms with Crippen LogP contribution >= 0.6 is 0 Å². The fourth-order valence-electron chi connectivity index (χ4n) is 5.74. The maximum Gasteiger partial charge on any atom is 0.119 e. The number of fused-ring (bicyclic) bond motifs is 1. The van der Waals surface area contributed by atoms with Gasteiger partial charge in [0.25, 0.3) is 0 Å². The van der Waals surface area contributed by atoms with Gasteiger partial charge in [-0.05, 0) is 76.3 Å². The van der Waals surface area contributed by atoms with Crippen LogP contribution in [0.5, 0.6) is 5.75 Å². The van der Waals surface area contributed by atoms with Crippen molar-refractivity contribution in [3.05, 3.63) is 71.2 Å². The lowest BCUT2D eigenvalue weighted by Gasteiger charge is -2.11. The summed E-state index contributed by atoms with van der Waals surface area (Å²) < 4.78 is 7.95. The third kappa shape index (κ3) is 4.22. The zero-order chi connectivity index (χ0) is 23.7. The molecule has 4 heteroatoms. The first-order valence-corrected chi connectivity index (χ1v) is 12.7. The molecule has 0 unspecified atom stereocenters. The number of ether oxygens (including phenoxy) is 1. The summed E-state index contributed by atoms with van der Waals surface area (Å²) in [6.07, 6.45) is 8.16. The summed E-state index contributed by atoms with van der Waals surface area (Å²) in [6.45, 7) is 9.10. The van der Waals surface area contributed by atoms with E-state index in [2.05, 4.69) is 71.9 Å². The molecule has 2 aromatic heterocycles. The van der Waals surface area contributed by atoms with E-state index in [1.165, 1.54) is 66.2 Å². The Morgan fingerprint density at radius 2 is 1.53 bits per heavy atom. The molecule has 2 aromatic carbocycles. The molecular weight excluding hydrogens is 418 g/mol. The lowest BCUT2D eigenvalue weighted by molar-refractivity contribution is 0.340. The maximum atomic E-state index is 5.64. The van der Waals surface area contributed by atoms with Gasteiger partial charge in [0.2, 0.25) is 0 Å². The molecule has 176 valence electrons. The van der Waals surface area contributed by atoms with Gasteiger partial charge in [0.15, 0.2) is 0 Å². The first-order chi connectivity index (χ1) is 16.6. The smallest absolute Gasteiger partial charge is 0.119 e. The number of aromatic nitrogens is 3. The summed E-state index contributed by atoms with van der Waals surface area (Å²) in [7, 11) is 0. The number of nitrogens with zero attached hydrogens (tertiary/aromatic N) is 3. The van der Waals surface area contributed by atoms with Crippen molar-refractivity contribution in [2.45, 2.75) is 66.2 Å². The SMILES string of the molecule is CCOc1ccc(-n2c(C)c3c(C)nnc(-c4ccc(CCC5CCCC5)cc4)c3c2C)cc1. The predicted octanol–water partition coefficient (Wildman–Crippen LogP) is 7.53. The molecule has 5 rings (SSSR count). The minimum Gasteiger partial charge on any atom is -0.494 e. The highest BCUT2D eigenvalue weighted by molar-refractivity contribution is 6.00. The minimum atomic E-state index is 0.671. The molecule has 2 heterocycles. The van der Waals surface area contributed by atoms with Crippen LogP contribution in [-0.2, 0) is 6.42 Å². The zero-order valence-corrected chi connectivity index (χ0v) is 20.9. The van der Waals surface area contributed by atoms with E-state index in [1.54, 1.807) is 0 Å². The summed E-state index contributed by atoms with van der Waals surface area (Å²) >= 11 is 0. The van der Waals surface area contributed by atoms with Gasteiger partial charge in [-0.15, -0.1) is 5.10 Å². The molecule has 1 aliphatic carbocycles. The van der Waals surface area contributed by atoms with Crippen LogP contribution in [0.4, 0.5) is 0 Å². The fraction of sp³-hybridized carbons (Fsp3) is 0.400. The molecule has 0 aliphatic heterocycles. The Labute approximate surface area is 203 Å². The molecule has 0 atom stereocenters. The summed E-state index contributed by atoms with van der Waals surface area (Å²) in [5.41, 5.74) is 8.00. The highest BCUT2D eigenvalue weighted by Gasteiger charge is 2.20. The van der Waals surface area contributed by atoms with E-state index in [4.69, 9.17) is 4.74 Å². The van der Waals surface area contributed by atoms with Crippen LogP contribution < -0.4 is 4.74 Å². The van der Waals surface area contributed by atoms with Gasteiger partial charge in [-0.3, -0.25) is 0 Å². The Hall–Kier alpha value is -3.14. The second-order valence-electron chi connectivity index (χ2n) is 9.70. The van der Waals surface area contributed by atoms with Crippen molar-refractivity contribution in [2.24, 2.45) is 5.92 Å². The Morgan fingerprint density at radius 3 is 2.21 bits per heavy atom. The number of hydrogen-bond acceptors (Lipinski definition) is 3. The Kier molecular flexibility index (Phi) is 6.40. The van der Waals surface area contributed by atoms with Gasteiger partial charge in [-0.25, -0.2) is 0 Å². The normalized spacial score (nSPS) is 14.2. The number of aryl methyl sites for hydroxylation is 4. The van der Waals surface area contributed by atoms with Gasteiger partial charge in [-0.2, -0.15) is 5.10 Å². The van der Waals surface area contributed by atoms with E-state index in [1.807, 2.05) is 19.1 Å². The van der Waals surface area contributed by atoms with Gasteiger partial charge in [0.1, 0.15) is 11.4 Å². The van der Waals surface area contributed by atoms with Crippen LogP contribution in [0.3, 0.4) is 0 Å². The second-order valence-corrected chi connectivity index (χ2v) is 9.70. The Bertz CT molecular complexity index is 1280. The van der Waals surface area contributed by atoms with Gasteiger partial charge in [-0.1, -0.05) is 49.9 Å². The van der Waals surface area contributed by atoms with Crippen LogP contribution in [0.25, 0.3) is 27.7 Å². The van der Waals surface area contributed by atoms with E-state index in [9.17, 15) is 0 Å². The van der Waals surface area contributed by atoms with Crippen molar-refractivity contribution in [1.82, 2.24) is 14.8 Å². The average molecular weight is 454 g/mol. The van der Waals surface area contributed by atoms with Crippen molar-refractivity contribution in [1.29, 1.82) is 0 Å². The van der Waals surface area contributed by atoms with Crippen LogP contribution in [-0.4, -0.2) is 21.4 Å². The molecule has 0 amide bonds. The van der Waals surface area contributed by atoms with Crippen LogP contribution in [0.2, 0.25) is 0 Å². The monoisotopic (exact) mass is 453 g/mol. The highest BCUT2D eigenvalue weighted by atomic mass is 16.5. The molecule has 1 fully saturated rings. The van der Waals surface area contributed by atoms with E-state index >= 15 is 0 Å². The fourth-order valence-corrected chi connectivity index (χ4v) is 5.74. The zero-order valence-electron chi connectivity index (χ0n) is 20.9. The minimum absolute atomic E-state index is 0.671. The van der Waals surface area contributed by atoms with E-state index in [0.29, 0.717) is 6.61 Å². The molecule has 4 aromatic rings. The predicted molar refractivity (Wildman–Crippen MR) is 140 cm³/mol. The summed E-state index contributed by atoms with van der Waals surface area (Å²) in [4.78, 5) is 0. The van der Waals surface area contributed by atoms with Crippen LogP contribution in [0, 0.1) is 26.7 Å². The summed E-state index contributed by atoms with van der Waals surface area (Å²) in [6, 6.07) is 17.3. The number of benzene rings is 2. The second kappa shape index (κ2) is 9.61. The molecule has 34 heavy (non-hydrogen) atoms. The van der Waals surface area contributed by atoms with Gasteiger partial charge >= 0.3 is 0 Å². The molecule has 0 N–H and O–H groups in total. The Morgan fingerprint density at radius 1 is 0.853 bits per heavy atom. The Balaban J connectivity index is 1.51. The lowest BCUT2D eigenvalue weighted by Crippen LogP contribution is -1.99. The van der Waals surface area contributed by atoms with Crippen molar-refractivity contribution in [2.75, 3.05) is 6.61 Å². The lowest BCUT2D eigenvalue weighted by atomic mass is 9.97. The first kappa shape index (κ1) is 22.6. The van der Waals surface area contributed by atoms with Gasteiger partial charge in [0.05, 0.1) is 12.3 Å².